The molecule has 0 N–H and O–H groups in total. The predicted octanol–water partition coefficient (Wildman–Crippen LogP) is 2.46. The molecule has 1 aromatic carbocycles. The second-order valence-electron chi connectivity index (χ2n) is 4.60. The number of hydrogen-bond acceptors (Lipinski definition) is 3. The maximum atomic E-state index is 12.5. The zero-order valence-electron chi connectivity index (χ0n) is 11.5. The number of aryl methyl sites for hydroxylation is 1. The SMILES string of the molecule is C[C@H](c1ccc(Cl)cc1)N(C)S(=O)(=O)c1cnn(C)c1. The molecule has 1 atom stereocenters. The summed E-state index contributed by atoms with van der Waals surface area (Å²) in [4.78, 5) is 0.184. The van der Waals surface area contributed by atoms with Crippen molar-refractivity contribution in [2.45, 2.75) is 17.9 Å². The largest absolute Gasteiger partial charge is 0.274 e. The Kier molecular flexibility index (Phi) is 4.17. The molecule has 108 valence electrons. The molecule has 0 spiro atoms. The van der Waals surface area contributed by atoms with Gasteiger partial charge in [-0.2, -0.15) is 9.40 Å². The van der Waals surface area contributed by atoms with Crippen LogP contribution in [0.1, 0.15) is 18.5 Å². The third-order valence-corrected chi connectivity index (χ3v) is 5.39. The van der Waals surface area contributed by atoms with E-state index in [9.17, 15) is 8.42 Å². The van der Waals surface area contributed by atoms with E-state index >= 15 is 0 Å². The van der Waals surface area contributed by atoms with Crippen molar-refractivity contribution in [3.05, 3.63) is 47.2 Å². The molecule has 0 aliphatic rings. The van der Waals surface area contributed by atoms with Crippen LogP contribution < -0.4 is 0 Å². The van der Waals surface area contributed by atoms with Gasteiger partial charge in [0.25, 0.3) is 0 Å². The molecule has 0 bridgehead atoms. The molecule has 7 heteroatoms. The molecule has 0 saturated heterocycles. The van der Waals surface area contributed by atoms with Gasteiger partial charge in [-0.25, -0.2) is 8.42 Å². The second kappa shape index (κ2) is 5.55. The highest BCUT2D eigenvalue weighted by molar-refractivity contribution is 7.89. The zero-order valence-corrected chi connectivity index (χ0v) is 13.1. The maximum absolute atomic E-state index is 12.5. The molecular weight excluding hydrogens is 298 g/mol. The smallest absolute Gasteiger partial charge is 0.246 e. The number of aromatic nitrogens is 2. The van der Waals surface area contributed by atoms with E-state index in [2.05, 4.69) is 5.10 Å². The van der Waals surface area contributed by atoms with E-state index in [1.165, 1.54) is 21.4 Å². The lowest BCUT2D eigenvalue weighted by molar-refractivity contribution is 0.398. The summed E-state index contributed by atoms with van der Waals surface area (Å²) in [5.41, 5.74) is 0.879. The number of benzene rings is 1. The third-order valence-electron chi connectivity index (χ3n) is 3.26. The lowest BCUT2D eigenvalue weighted by Gasteiger charge is -2.24. The normalized spacial score (nSPS) is 13.7. The van der Waals surface area contributed by atoms with Gasteiger partial charge in [-0.05, 0) is 24.6 Å². The molecule has 0 saturated carbocycles. The van der Waals surface area contributed by atoms with Crippen molar-refractivity contribution in [2.24, 2.45) is 7.05 Å². The average Bonchev–Trinajstić information content (AvgIpc) is 2.85. The van der Waals surface area contributed by atoms with Crippen molar-refractivity contribution in [1.82, 2.24) is 14.1 Å². The molecular formula is C13H16ClN3O2S. The first kappa shape index (κ1) is 15.0. The summed E-state index contributed by atoms with van der Waals surface area (Å²) in [5.74, 6) is 0. The average molecular weight is 314 g/mol. The van der Waals surface area contributed by atoms with Gasteiger partial charge in [0.05, 0.1) is 6.20 Å². The number of halogens is 1. The van der Waals surface area contributed by atoms with Gasteiger partial charge in [-0.1, -0.05) is 23.7 Å². The van der Waals surface area contributed by atoms with Crippen molar-refractivity contribution in [3.63, 3.8) is 0 Å². The summed E-state index contributed by atoms with van der Waals surface area (Å²) < 4.78 is 27.7. The first-order valence-corrected chi connectivity index (χ1v) is 7.86. The second-order valence-corrected chi connectivity index (χ2v) is 7.03. The standard InChI is InChI=1S/C13H16ClN3O2S/c1-10(11-4-6-12(14)7-5-11)17(3)20(18,19)13-8-15-16(2)9-13/h4-10H,1-3H3/t10-/m1/s1. The predicted molar refractivity (Wildman–Crippen MR) is 78.0 cm³/mol. The van der Waals surface area contributed by atoms with Crippen LogP contribution in [0.4, 0.5) is 0 Å². The van der Waals surface area contributed by atoms with Gasteiger partial charge in [0.15, 0.2) is 0 Å². The van der Waals surface area contributed by atoms with E-state index in [-0.39, 0.29) is 10.9 Å². The summed E-state index contributed by atoms with van der Waals surface area (Å²) in [6.07, 6.45) is 2.83. The van der Waals surface area contributed by atoms with Gasteiger partial charge >= 0.3 is 0 Å². The highest BCUT2D eigenvalue weighted by atomic mass is 35.5. The van der Waals surface area contributed by atoms with Gasteiger partial charge in [0.1, 0.15) is 4.90 Å². The molecule has 0 aliphatic carbocycles. The number of nitrogens with zero attached hydrogens (tertiary/aromatic N) is 3. The van der Waals surface area contributed by atoms with E-state index in [1.807, 2.05) is 19.1 Å². The Balaban J connectivity index is 2.30. The van der Waals surface area contributed by atoms with E-state index < -0.39 is 10.0 Å². The summed E-state index contributed by atoms with van der Waals surface area (Å²) >= 11 is 5.84. The fourth-order valence-corrected chi connectivity index (χ4v) is 3.32. The molecule has 0 amide bonds. The zero-order chi connectivity index (χ0) is 14.9. The van der Waals surface area contributed by atoms with E-state index in [1.54, 1.807) is 26.2 Å². The third kappa shape index (κ3) is 2.87. The topological polar surface area (TPSA) is 55.2 Å². The maximum Gasteiger partial charge on any atom is 0.246 e. The Morgan fingerprint density at radius 1 is 1.30 bits per heavy atom. The molecule has 2 aromatic rings. The number of sulfonamides is 1. The lowest BCUT2D eigenvalue weighted by atomic mass is 10.1. The molecule has 1 aromatic heterocycles. The minimum absolute atomic E-state index is 0.184. The molecule has 2 rings (SSSR count). The number of rotatable bonds is 4. The fraction of sp³-hybridized carbons (Fsp3) is 0.308. The summed E-state index contributed by atoms with van der Waals surface area (Å²) in [6, 6.07) is 6.85. The van der Waals surface area contributed by atoms with E-state index in [0.29, 0.717) is 5.02 Å². The van der Waals surface area contributed by atoms with Crippen molar-refractivity contribution < 1.29 is 8.42 Å². The highest BCUT2D eigenvalue weighted by Gasteiger charge is 2.27. The van der Waals surface area contributed by atoms with Crippen LogP contribution in [0.15, 0.2) is 41.6 Å². The summed E-state index contributed by atoms with van der Waals surface area (Å²) in [5, 5.41) is 4.53. The Morgan fingerprint density at radius 3 is 2.40 bits per heavy atom. The number of hydrogen-bond donors (Lipinski definition) is 0. The molecule has 0 radical (unpaired) electrons. The van der Waals surface area contributed by atoms with Crippen molar-refractivity contribution in [3.8, 4) is 0 Å². The first-order valence-electron chi connectivity index (χ1n) is 6.04. The quantitative estimate of drug-likeness (QED) is 0.871. The van der Waals surface area contributed by atoms with Crippen molar-refractivity contribution >= 4 is 21.6 Å². The summed E-state index contributed by atoms with van der Waals surface area (Å²) in [6.45, 7) is 1.83. The minimum atomic E-state index is -3.56. The van der Waals surface area contributed by atoms with Crippen LogP contribution in [0.3, 0.4) is 0 Å². The van der Waals surface area contributed by atoms with E-state index in [4.69, 9.17) is 11.6 Å². The van der Waals surface area contributed by atoms with Gasteiger partial charge in [-0.3, -0.25) is 4.68 Å². The van der Waals surface area contributed by atoms with Crippen molar-refractivity contribution in [2.75, 3.05) is 7.05 Å². The van der Waals surface area contributed by atoms with Crippen LogP contribution in [0.5, 0.6) is 0 Å². The Morgan fingerprint density at radius 2 is 1.90 bits per heavy atom. The van der Waals surface area contributed by atoms with Crippen molar-refractivity contribution in [1.29, 1.82) is 0 Å². The van der Waals surface area contributed by atoms with E-state index in [0.717, 1.165) is 5.56 Å². The van der Waals surface area contributed by atoms with Gasteiger partial charge in [-0.15, -0.1) is 0 Å². The fourth-order valence-electron chi connectivity index (χ4n) is 1.86. The van der Waals surface area contributed by atoms with Crippen LogP contribution in [0.25, 0.3) is 0 Å². The highest BCUT2D eigenvalue weighted by Crippen LogP contribution is 2.26. The Bertz CT molecular complexity index is 695. The Hall–Kier alpha value is -1.37. The monoisotopic (exact) mass is 313 g/mol. The summed E-state index contributed by atoms with van der Waals surface area (Å²) in [7, 11) is -0.319. The molecule has 0 unspecified atom stereocenters. The van der Waals surface area contributed by atoms with Crippen LogP contribution in [-0.2, 0) is 17.1 Å². The molecule has 0 fully saturated rings. The van der Waals surface area contributed by atoms with Crippen LogP contribution in [-0.4, -0.2) is 29.6 Å². The molecule has 0 aliphatic heterocycles. The molecule has 20 heavy (non-hydrogen) atoms. The lowest BCUT2D eigenvalue weighted by Crippen LogP contribution is -2.29. The van der Waals surface area contributed by atoms with Crippen LogP contribution >= 0.6 is 11.6 Å². The molecule has 5 nitrogen and oxygen atoms in total. The van der Waals surface area contributed by atoms with Gasteiger partial charge in [0.2, 0.25) is 10.0 Å². The van der Waals surface area contributed by atoms with Crippen LogP contribution in [0.2, 0.25) is 5.02 Å². The minimum Gasteiger partial charge on any atom is -0.274 e. The van der Waals surface area contributed by atoms with Crippen LogP contribution in [0, 0.1) is 0 Å². The Labute approximate surface area is 123 Å². The first-order chi connectivity index (χ1) is 9.32. The van der Waals surface area contributed by atoms with Gasteiger partial charge < -0.3 is 0 Å². The molecule has 1 heterocycles. The van der Waals surface area contributed by atoms with Gasteiger partial charge in [0, 0.05) is 31.4 Å².